The number of aromatic nitrogens is 5. The van der Waals surface area contributed by atoms with Crippen LogP contribution in [0.15, 0.2) is 34.0 Å². The zero-order valence-corrected chi connectivity index (χ0v) is 16.9. The number of halogens is 1. The second-order valence-electron chi connectivity index (χ2n) is 7.48. The van der Waals surface area contributed by atoms with Gasteiger partial charge < -0.3 is 5.73 Å². The predicted octanol–water partition coefficient (Wildman–Crippen LogP) is 1.37. The zero-order valence-electron chi connectivity index (χ0n) is 16.9. The highest BCUT2D eigenvalue weighted by molar-refractivity contribution is 5.94. The summed E-state index contributed by atoms with van der Waals surface area (Å²) in [5.74, 6) is -0.0177. The number of benzene rings is 1. The lowest BCUT2D eigenvalue weighted by atomic mass is 9.99. The molecule has 0 spiro atoms. The van der Waals surface area contributed by atoms with Crippen LogP contribution in [-0.2, 0) is 6.54 Å². The van der Waals surface area contributed by atoms with E-state index in [4.69, 9.17) is 5.73 Å². The normalized spacial score (nSPS) is 15.5. The molecule has 0 bridgehead atoms. The van der Waals surface area contributed by atoms with Crippen LogP contribution in [0.1, 0.15) is 41.5 Å². The molecule has 1 aromatic carbocycles. The number of carbonyl (C=O) groups excluding carboxylic acids is 1. The summed E-state index contributed by atoms with van der Waals surface area (Å²) in [7, 11) is 0. The molecule has 2 aromatic heterocycles. The second-order valence-corrected chi connectivity index (χ2v) is 7.48. The lowest BCUT2D eigenvalue weighted by Gasteiger charge is -2.30. The summed E-state index contributed by atoms with van der Waals surface area (Å²) in [6.45, 7) is 4.44. The monoisotopic (exact) mass is 427 g/mol. The van der Waals surface area contributed by atoms with Gasteiger partial charge >= 0.3 is 0 Å². The van der Waals surface area contributed by atoms with Crippen molar-refractivity contribution in [2.75, 3.05) is 18.8 Å². The smallest absolute Gasteiger partial charge is 0.293 e. The standard InChI is InChI=1S/C19H22FN9O2/c1-12-6-8-28(9-7-12)11-15-16(23-27-29(15)18-17(21)25-31-26-18)19(30)24-22-10-13-2-4-14(20)5-3-13/h2-5,10,12H,6-9,11H2,1H3,(H2,21,25)(H,24,30). The molecule has 1 aliphatic heterocycles. The highest BCUT2D eigenvalue weighted by atomic mass is 19.1. The number of piperidine rings is 1. The van der Waals surface area contributed by atoms with Gasteiger partial charge in [0.05, 0.1) is 11.9 Å². The van der Waals surface area contributed by atoms with E-state index in [1.807, 2.05) is 0 Å². The van der Waals surface area contributed by atoms with E-state index in [2.05, 4.69) is 47.6 Å². The third-order valence-corrected chi connectivity index (χ3v) is 5.17. The van der Waals surface area contributed by atoms with Crippen LogP contribution in [0.25, 0.3) is 5.82 Å². The fourth-order valence-electron chi connectivity index (χ4n) is 3.33. The average Bonchev–Trinajstić information content (AvgIpc) is 3.37. The fraction of sp³-hybridized carbons (Fsp3) is 0.368. The quantitative estimate of drug-likeness (QED) is 0.444. The van der Waals surface area contributed by atoms with Crippen molar-refractivity contribution in [1.82, 2.24) is 35.6 Å². The number of nitrogens with one attached hydrogen (secondary N) is 1. The molecular formula is C19H22FN9O2. The molecule has 11 nitrogen and oxygen atoms in total. The Kier molecular flexibility index (Phi) is 5.98. The number of nitrogen functional groups attached to an aromatic ring is 1. The summed E-state index contributed by atoms with van der Waals surface area (Å²) in [6, 6.07) is 5.71. The van der Waals surface area contributed by atoms with Crippen LogP contribution in [0, 0.1) is 11.7 Å². The molecule has 3 N–H and O–H groups in total. The van der Waals surface area contributed by atoms with Gasteiger partial charge in [0, 0.05) is 6.54 Å². The number of hydrazone groups is 1. The number of likely N-dealkylation sites (tertiary alicyclic amines) is 1. The molecule has 1 fully saturated rings. The molecule has 0 radical (unpaired) electrons. The minimum atomic E-state index is -0.542. The second kappa shape index (κ2) is 9.00. The van der Waals surface area contributed by atoms with Crippen molar-refractivity contribution in [3.05, 3.63) is 47.0 Å². The summed E-state index contributed by atoms with van der Waals surface area (Å²) in [4.78, 5) is 15.0. The predicted molar refractivity (Wildman–Crippen MR) is 109 cm³/mol. The van der Waals surface area contributed by atoms with Crippen molar-refractivity contribution < 1.29 is 13.8 Å². The number of nitrogens with two attached hydrogens (primary N) is 1. The summed E-state index contributed by atoms with van der Waals surface area (Å²) in [6.07, 6.45) is 3.55. The molecule has 1 aliphatic rings. The van der Waals surface area contributed by atoms with E-state index in [0.29, 0.717) is 23.7 Å². The number of anilines is 1. The van der Waals surface area contributed by atoms with Crippen molar-refractivity contribution in [2.24, 2.45) is 11.0 Å². The SMILES string of the molecule is CC1CCN(Cc2c(C(=O)NN=Cc3ccc(F)cc3)nnn2-c2nonc2N)CC1. The van der Waals surface area contributed by atoms with Crippen molar-refractivity contribution in [1.29, 1.82) is 0 Å². The Morgan fingerprint density at radius 1 is 1.32 bits per heavy atom. The minimum absolute atomic E-state index is 0.0414. The first kappa shape index (κ1) is 20.6. The molecule has 162 valence electrons. The fourth-order valence-corrected chi connectivity index (χ4v) is 3.33. The van der Waals surface area contributed by atoms with Gasteiger partial charge in [0.25, 0.3) is 5.91 Å². The van der Waals surface area contributed by atoms with Gasteiger partial charge in [-0.05, 0) is 59.9 Å². The summed E-state index contributed by atoms with van der Waals surface area (Å²) in [5, 5.41) is 19.3. The van der Waals surface area contributed by atoms with Crippen LogP contribution in [0.4, 0.5) is 10.2 Å². The minimum Gasteiger partial charge on any atom is -0.378 e. The molecule has 1 amide bonds. The molecule has 12 heteroatoms. The van der Waals surface area contributed by atoms with E-state index >= 15 is 0 Å². The lowest BCUT2D eigenvalue weighted by molar-refractivity contribution is 0.0947. The van der Waals surface area contributed by atoms with Gasteiger partial charge in [-0.3, -0.25) is 9.69 Å². The number of nitrogens with zero attached hydrogens (tertiary/aromatic N) is 7. The molecule has 1 saturated heterocycles. The maximum atomic E-state index is 13.0. The van der Waals surface area contributed by atoms with Crippen LogP contribution in [0.2, 0.25) is 0 Å². The Bertz CT molecular complexity index is 1070. The first-order chi connectivity index (χ1) is 15.0. The molecule has 0 atom stereocenters. The molecule has 0 saturated carbocycles. The number of carbonyl (C=O) groups is 1. The third kappa shape index (κ3) is 4.74. The average molecular weight is 427 g/mol. The first-order valence-electron chi connectivity index (χ1n) is 9.85. The van der Waals surface area contributed by atoms with Crippen molar-refractivity contribution >= 4 is 17.9 Å². The molecule has 3 aromatic rings. The van der Waals surface area contributed by atoms with E-state index in [-0.39, 0.29) is 23.1 Å². The Morgan fingerprint density at radius 2 is 2.06 bits per heavy atom. The maximum absolute atomic E-state index is 13.0. The highest BCUT2D eigenvalue weighted by Gasteiger charge is 2.26. The van der Waals surface area contributed by atoms with E-state index in [0.717, 1.165) is 25.9 Å². The van der Waals surface area contributed by atoms with Gasteiger partial charge in [-0.15, -0.1) is 5.10 Å². The van der Waals surface area contributed by atoms with Gasteiger partial charge in [-0.1, -0.05) is 24.3 Å². The van der Waals surface area contributed by atoms with Crippen LogP contribution in [-0.4, -0.2) is 55.4 Å². The Labute approximate surface area is 177 Å². The zero-order chi connectivity index (χ0) is 21.8. The maximum Gasteiger partial charge on any atom is 0.293 e. The van der Waals surface area contributed by atoms with Crippen LogP contribution >= 0.6 is 0 Å². The van der Waals surface area contributed by atoms with Gasteiger partial charge in [0.15, 0.2) is 5.69 Å². The van der Waals surface area contributed by atoms with Crippen LogP contribution in [0.5, 0.6) is 0 Å². The largest absolute Gasteiger partial charge is 0.378 e. The lowest BCUT2D eigenvalue weighted by Crippen LogP contribution is -2.34. The Morgan fingerprint density at radius 3 is 2.74 bits per heavy atom. The molecule has 0 aliphatic carbocycles. The number of rotatable bonds is 6. The van der Waals surface area contributed by atoms with E-state index < -0.39 is 5.91 Å². The van der Waals surface area contributed by atoms with Crippen LogP contribution < -0.4 is 11.2 Å². The van der Waals surface area contributed by atoms with Crippen LogP contribution in [0.3, 0.4) is 0 Å². The molecular weight excluding hydrogens is 405 g/mol. The van der Waals surface area contributed by atoms with Gasteiger partial charge in [-0.25, -0.2) is 14.4 Å². The van der Waals surface area contributed by atoms with E-state index in [1.165, 1.54) is 23.0 Å². The first-order valence-corrected chi connectivity index (χ1v) is 9.85. The topological polar surface area (TPSA) is 140 Å². The van der Waals surface area contributed by atoms with Crippen molar-refractivity contribution in [3.8, 4) is 5.82 Å². The highest BCUT2D eigenvalue weighted by Crippen LogP contribution is 2.21. The number of hydrogen-bond donors (Lipinski definition) is 2. The Hall–Kier alpha value is -3.67. The van der Waals surface area contributed by atoms with Crippen molar-refractivity contribution in [3.63, 3.8) is 0 Å². The molecule has 4 rings (SSSR count). The van der Waals surface area contributed by atoms with Gasteiger partial charge in [0.2, 0.25) is 11.6 Å². The number of hydrogen-bond acceptors (Lipinski definition) is 9. The van der Waals surface area contributed by atoms with E-state index in [1.54, 1.807) is 12.1 Å². The molecule has 31 heavy (non-hydrogen) atoms. The third-order valence-electron chi connectivity index (χ3n) is 5.17. The van der Waals surface area contributed by atoms with E-state index in [9.17, 15) is 9.18 Å². The summed E-state index contributed by atoms with van der Waals surface area (Å²) >= 11 is 0. The van der Waals surface area contributed by atoms with Gasteiger partial charge in [0.1, 0.15) is 5.82 Å². The van der Waals surface area contributed by atoms with Gasteiger partial charge in [-0.2, -0.15) is 9.78 Å². The summed E-state index contributed by atoms with van der Waals surface area (Å²) < 4.78 is 19.0. The molecule has 0 unspecified atom stereocenters. The Balaban J connectivity index is 1.55. The summed E-state index contributed by atoms with van der Waals surface area (Å²) in [5.41, 5.74) is 9.48. The number of amides is 1. The van der Waals surface area contributed by atoms with Crippen molar-refractivity contribution in [2.45, 2.75) is 26.3 Å². The molecule has 3 heterocycles.